The van der Waals surface area contributed by atoms with E-state index in [0.29, 0.717) is 0 Å². The predicted octanol–water partition coefficient (Wildman–Crippen LogP) is 1.99. The van der Waals surface area contributed by atoms with Gasteiger partial charge in [0, 0.05) is 30.3 Å². The van der Waals surface area contributed by atoms with Gasteiger partial charge in [0.25, 0.3) is 5.69 Å². The minimum absolute atomic E-state index is 0.0236. The number of nitrogens with one attached hydrogen (secondary N) is 1. The van der Waals surface area contributed by atoms with Gasteiger partial charge in [-0.25, -0.2) is 0 Å². The molecule has 0 saturated heterocycles. The van der Waals surface area contributed by atoms with E-state index in [4.69, 9.17) is 5.73 Å². The third-order valence-corrected chi connectivity index (χ3v) is 3.68. The van der Waals surface area contributed by atoms with Crippen LogP contribution in [0.1, 0.15) is 31.2 Å². The SMILES string of the molecule is NC1CCCCC1NC(=O)/C=C/c1ccc([N+](=O)[O-])cc1. The standard InChI is InChI=1S/C15H19N3O3/c16-13-3-1-2-4-14(13)17-15(19)10-7-11-5-8-12(9-6-11)18(20)21/h5-10,13-14H,1-4,16H2,(H,17,19)/b10-7+. The Morgan fingerprint density at radius 1 is 1.29 bits per heavy atom. The molecule has 1 aromatic carbocycles. The fourth-order valence-electron chi connectivity index (χ4n) is 2.45. The Kier molecular flexibility index (Phi) is 5.05. The van der Waals surface area contributed by atoms with Crippen LogP contribution in [0, 0.1) is 10.1 Å². The van der Waals surface area contributed by atoms with Crippen LogP contribution in [0.5, 0.6) is 0 Å². The number of nitro benzene ring substituents is 1. The van der Waals surface area contributed by atoms with Gasteiger partial charge in [-0.3, -0.25) is 14.9 Å². The van der Waals surface area contributed by atoms with E-state index in [2.05, 4.69) is 5.32 Å². The average Bonchev–Trinajstić information content (AvgIpc) is 2.48. The largest absolute Gasteiger partial charge is 0.348 e. The van der Waals surface area contributed by atoms with Crippen molar-refractivity contribution in [3.8, 4) is 0 Å². The molecule has 0 aliphatic heterocycles. The Bertz CT molecular complexity index is 540. The Balaban J connectivity index is 1.90. The lowest BCUT2D eigenvalue weighted by atomic mass is 9.91. The maximum absolute atomic E-state index is 11.8. The highest BCUT2D eigenvalue weighted by Crippen LogP contribution is 2.17. The van der Waals surface area contributed by atoms with Crippen LogP contribution in [-0.4, -0.2) is 22.9 Å². The first-order chi connectivity index (χ1) is 10.1. The molecule has 3 N–H and O–H groups in total. The summed E-state index contributed by atoms with van der Waals surface area (Å²) in [5.74, 6) is -0.185. The molecular weight excluding hydrogens is 270 g/mol. The highest BCUT2D eigenvalue weighted by Gasteiger charge is 2.22. The number of carbonyl (C=O) groups excluding carboxylic acids is 1. The van der Waals surface area contributed by atoms with Gasteiger partial charge < -0.3 is 11.1 Å². The third-order valence-electron chi connectivity index (χ3n) is 3.68. The van der Waals surface area contributed by atoms with E-state index in [1.165, 1.54) is 18.2 Å². The molecule has 1 aliphatic carbocycles. The van der Waals surface area contributed by atoms with Crippen molar-refractivity contribution >= 4 is 17.7 Å². The van der Waals surface area contributed by atoms with Crippen LogP contribution < -0.4 is 11.1 Å². The van der Waals surface area contributed by atoms with Crippen LogP contribution in [0.15, 0.2) is 30.3 Å². The monoisotopic (exact) mass is 289 g/mol. The van der Waals surface area contributed by atoms with Crippen LogP contribution in [0.2, 0.25) is 0 Å². The summed E-state index contributed by atoms with van der Waals surface area (Å²) in [5.41, 5.74) is 6.75. The van der Waals surface area contributed by atoms with Crippen LogP contribution >= 0.6 is 0 Å². The average molecular weight is 289 g/mol. The van der Waals surface area contributed by atoms with Crippen molar-refractivity contribution in [2.45, 2.75) is 37.8 Å². The molecule has 1 aromatic rings. The van der Waals surface area contributed by atoms with Gasteiger partial charge in [-0.2, -0.15) is 0 Å². The third kappa shape index (κ3) is 4.39. The van der Waals surface area contributed by atoms with Gasteiger partial charge >= 0.3 is 0 Å². The summed E-state index contributed by atoms with van der Waals surface area (Å²) in [5, 5.41) is 13.5. The van der Waals surface area contributed by atoms with Gasteiger partial charge in [0.15, 0.2) is 0 Å². The minimum atomic E-state index is -0.454. The quantitative estimate of drug-likeness (QED) is 0.503. The van der Waals surface area contributed by atoms with E-state index in [1.54, 1.807) is 18.2 Å². The topological polar surface area (TPSA) is 98.3 Å². The zero-order valence-corrected chi connectivity index (χ0v) is 11.7. The zero-order chi connectivity index (χ0) is 15.2. The predicted molar refractivity (Wildman–Crippen MR) is 80.5 cm³/mol. The number of benzene rings is 1. The summed E-state index contributed by atoms with van der Waals surface area (Å²) in [7, 11) is 0. The van der Waals surface area contributed by atoms with E-state index >= 15 is 0 Å². The summed E-state index contributed by atoms with van der Waals surface area (Å²) in [4.78, 5) is 21.9. The van der Waals surface area contributed by atoms with E-state index in [-0.39, 0.29) is 23.7 Å². The van der Waals surface area contributed by atoms with Crippen molar-refractivity contribution < 1.29 is 9.72 Å². The summed E-state index contributed by atoms with van der Waals surface area (Å²) in [6, 6.07) is 6.09. The Morgan fingerprint density at radius 2 is 1.95 bits per heavy atom. The number of carbonyl (C=O) groups is 1. The van der Waals surface area contributed by atoms with Crippen molar-refractivity contribution in [1.82, 2.24) is 5.32 Å². The fourth-order valence-corrected chi connectivity index (χ4v) is 2.45. The molecule has 6 nitrogen and oxygen atoms in total. The van der Waals surface area contributed by atoms with E-state index in [0.717, 1.165) is 31.2 Å². The van der Waals surface area contributed by atoms with Gasteiger partial charge in [-0.15, -0.1) is 0 Å². The second-order valence-electron chi connectivity index (χ2n) is 5.25. The molecule has 2 rings (SSSR count). The highest BCUT2D eigenvalue weighted by atomic mass is 16.6. The molecule has 0 radical (unpaired) electrons. The molecule has 1 aliphatic rings. The van der Waals surface area contributed by atoms with Gasteiger partial charge in [-0.05, 0) is 36.6 Å². The molecular formula is C15H19N3O3. The van der Waals surface area contributed by atoms with Gasteiger partial charge in [0.2, 0.25) is 5.91 Å². The van der Waals surface area contributed by atoms with E-state index < -0.39 is 4.92 Å². The van der Waals surface area contributed by atoms with Gasteiger partial charge in [0.1, 0.15) is 0 Å². The lowest BCUT2D eigenvalue weighted by Gasteiger charge is -2.28. The van der Waals surface area contributed by atoms with Crippen molar-refractivity contribution in [3.63, 3.8) is 0 Å². The second kappa shape index (κ2) is 6.99. The fraction of sp³-hybridized carbons (Fsp3) is 0.400. The van der Waals surface area contributed by atoms with Crippen molar-refractivity contribution in [2.24, 2.45) is 5.73 Å². The lowest BCUT2D eigenvalue weighted by Crippen LogP contribution is -2.48. The second-order valence-corrected chi connectivity index (χ2v) is 5.25. The molecule has 21 heavy (non-hydrogen) atoms. The Hall–Kier alpha value is -2.21. The first-order valence-corrected chi connectivity index (χ1v) is 7.05. The van der Waals surface area contributed by atoms with Gasteiger partial charge in [-0.1, -0.05) is 12.8 Å². The molecule has 1 fully saturated rings. The number of nitrogens with two attached hydrogens (primary N) is 1. The van der Waals surface area contributed by atoms with Crippen LogP contribution in [0.4, 0.5) is 5.69 Å². The molecule has 2 atom stereocenters. The first kappa shape index (κ1) is 15.2. The molecule has 112 valence electrons. The smallest absolute Gasteiger partial charge is 0.269 e. The summed E-state index contributed by atoms with van der Waals surface area (Å²) in [6.07, 6.45) is 7.13. The zero-order valence-electron chi connectivity index (χ0n) is 11.7. The van der Waals surface area contributed by atoms with Crippen LogP contribution in [-0.2, 0) is 4.79 Å². The van der Waals surface area contributed by atoms with Crippen LogP contribution in [0.3, 0.4) is 0 Å². The van der Waals surface area contributed by atoms with Gasteiger partial charge in [0.05, 0.1) is 4.92 Å². The van der Waals surface area contributed by atoms with E-state index in [9.17, 15) is 14.9 Å². The number of amides is 1. The van der Waals surface area contributed by atoms with Crippen molar-refractivity contribution in [3.05, 3.63) is 46.0 Å². The number of nitro groups is 1. The molecule has 0 heterocycles. The highest BCUT2D eigenvalue weighted by molar-refractivity contribution is 5.92. The van der Waals surface area contributed by atoms with Crippen molar-refractivity contribution in [1.29, 1.82) is 0 Å². The van der Waals surface area contributed by atoms with Crippen molar-refractivity contribution in [2.75, 3.05) is 0 Å². The normalized spacial score (nSPS) is 22.1. The molecule has 1 amide bonds. The molecule has 0 spiro atoms. The number of rotatable bonds is 4. The number of non-ortho nitro benzene ring substituents is 1. The molecule has 2 unspecified atom stereocenters. The minimum Gasteiger partial charge on any atom is -0.348 e. The number of hydrogen-bond acceptors (Lipinski definition) is 4. The number of hydrogen-bond donors (Lipinski definition) is 2. The first-order valence-electron chi connectivity index (χ1n) is 7.05. The summed E-state index contributed by atoms with van der Waals surface area (Å²) in [6.45, 7) is 0. The Morgan fingerprint density at radius 3 is 2.57 bits per heavy atom. The molecule has 6 heteroatoms. The van der Waals surface area contributed by atoms with E-state index in [1.807, 2.05) is 0 Å². The molecule has 0 bridgehead atoms. The Labute approximate surface area is 123 Å². The summed E-state index contributed by atoms with van der Waals surface area (Å²) < 4.78 is 0. The lowest BCUT2D eigenvalue weighted by molar-refractivity contribution is -0.384. The maximum Gasteiger partial charge on any atom is 0.269 e. The molecule has 0 aromatic heterocycles. The molecule has 1 saturated carbocycles. The summed E-state index contributed by atoms with van der Waals surface area (Å²) >= 11 is 0. The van der Waals surface area contributed by atoms with Crippen LogP contribution in [0.25, 0.3) is 6.08 Å². The number of nitrogens with zero attached hydrogens (tertiary/aromatic N) is 1. The maximum atomic E-state index is 11.8.